The first-order valence-electron chi connectivity index (χ1n) is 4.17. The molecule has 1 aromatic carbocycles. The molecule has 0 aliphatic carbocycles. The second-order valence-electron chi connectivity index (χ2n) is 2.89. The molecule has 0 aromatic heterocycles. The molecule has 0 bridgehead atoms. The van der Waals surface area contributed by atoms with Gasteiger partial charge < -0.3 is 10.2 Å². The molecule has 3 heteroatoms. The molecule has 0 aliphatic rings. The standard InChI is InChI=1S/C6H8N2.C4H8O.CH4/c7-8-6-4-2-1-3-5-6;1-4(2)3-5;/h1-5,8H,7H2;3-4H,1-2H3;1H4. The zero-order chi connectivity index (χ0) is 10.1. The molecule has 0 spiro atoms. The fourth-order valence-corrected chi connectivity index (χ4v) is 0.534. The molecule has 80 valence electrons. The van der Waals surface area contributed by atoms with Crippen LogP contribution in [0.1, 0.15) is 21.3 Å². The quantitative estimate of drug-likeness (QED) is 0.434. The van der Waals surface area contributed by atoms with Gasteiger partial charge in [0.1, 0.15) is 6.29 Å². The smallest absolute Gasteiger partial charge is 0.122 e. The lowest BCUT2D eigenvalue weighted by Crippen LogP contribution is -2.05. The third-order valence-corrected chi connectivity index (χ3v) is 1.21. The summed E-state index contributed by atoms with van der Waals surface area (Å²) in [6.07, 6.45) is 0.917. The zero-order valence-corrected chi connectivity index (χ0v) is 8.03. The van der Waals surface area contributed by atoms with E-state index >= 15 is 0 Å². The SMILES string of the molecule is C.CC(C)C=O.NNc1ccccc1. The van der Waals surface area contributed by atoms with Crippen LogP contribution in [0.5, 0.6) is 0 Å². The second-order valence-corrected chi connectivity index (χ2v) is 2.89. The summed E-state index contributed by atoms with van der Waals surface area (Å²) in [5, 5.41) is 0. The predicted molar refractivity (Wildman–Crippen MR) is 61.9 cm³/mol. The first kappa shape index (κ1) is 15.1. The normalized spacial score (nSPS) is 8.00. The summed E-state index contributed by atoms with van der Waals surface area (Å²) in [6.45, 7) is 3.71. The molecule has 0 aliphatic heterocycles. The Kier molecular flexibility index (Phi) is 10.5. The Bertz CT molecular complexity index is 222. The number of carbonyl (C=O) groups is 1. The molecule has 1 aromatic rings. The molecule has 0 fully saturated rings. The zero-order valence-electron chi connectivity index (χ0n) is 8.03. The third kappa shape index (κ3) is 8.74. The fraction of sp³-hybridized carbons (Fsp3) is 0.364. The molecule has 14 heavy (non-hydrogen) atoms. The molecule has 0 saturated carbocycles. The summed E-state index contributed by atoms with van der Waals surface area (Å²) in [4.78, 5) is 9.50. The van der Waals surface area contributed by atoms with E-state index in [9.17, 15) is 4.79 Å². The summed E-state index contributed by atoms with van der Waals surface area (Å²) < 4.78 is 0. The van der Waals surface area contributed by atoms with Gasteiger partial charge in [-0.15, -0.1) is 0 Å². The molecule has 0 amide bonds. The summed E-state index contributed by atoms with van der Waals surface area (Å²) in [7, 11) is 0. The van der Waals surface area contributed by atoms with Crippen LogP contribution in [0.2, 0.25) is 0 Å². The first-order valence-corrected chi connectivity index (χ1v) is 4.17. The van der Waals surface area contributed by atoms with Crippen molar-refractivity contribution in [2.75, 3.05) is 5.43 Å². The summed E-state index contributed by atoms with van der Waals surface area (Å²) >= 11 is 0. The van der Waals surface area contributed by atoms with Gasteiger partial charge in [-0.3, -0.25) is 5.84 Å². The molecule has 1 rings (SSSR count). The fourth-order valence-electron chi connectivity index (χ4n) is 0.534. The Labute approximate surface area is 86.3 Å². The van der Waals surface area contributed by atoms with E-state index < -0.39 is 0 Å². The molecule has 0 atom stereocenters. The minimum absolute atomic E-state index is 0. The van der Waals surface area contributed by atoms with Crippen molar-refractivity contribution < 1.29 is 4.79 Å². The summed E-state index contributed by atoms with van der Waals surface area (Å²) in [5.41, 5.74) is 3.46. The number of aldehydes is 1. The number of rotatable bonds is 2. The number of nitrogens with one attached hydrogen (secondary N) is 1. The van der Waals surface area contributed by atoms with Crippen molar-refractivity contribution in [2.45, 2.75) is 21.3 Å². The summed E-state index contributed by atoms with van der Waals surface area (Å²) in [6, 6.07) is 9.60. The van der Waals surface area contributed by atoms with E-state index in [-0.39, 0.29) is 13.3 Å². The van der Waals surface area contributed by atoms with E-state index in [1.165, 1.54) is 0 Å². The minimum Gasteiger partial charge on any atom is -0.324 e. The second kappa shape index (κ2) is 9.74. The number of anilines is 1. The van der Waals surface area contributed by atoms with Crippen LogP contribution in [0, 0.1) is 5.92 Å². The van der Waals surface area contributed by atoms with E-state index in [0.29, 0.717) is 0 Å². The minimum atomic E-state index is 0. The molecule has 0 radical (unpaired) electrons. The van der Waals surface area contributed by atoms with Crippen LogP contribution < -0.4 is 11.3 Å². The van der Waals surface area contributed by atoms with Crippen molar-refractivity contribution in [1.29, 1.82) is 0 Å². The van der Waals surface area contributed by atoms with Gasteiger partial charge in [0, 0.05) is 11.6 Å². The molecule has 3 nitrogen and oxygen atoms in total. The average molecular weight is 196 g/mol. The predicted octanol–water partition coefficient (Wildman–Crippen LogP) is 2.45. The number of benzene rings is 1. The Morgan fingerprint density at radius 1 is 1.29 bits per heavy atom. The Morgan fingerprint density at radius 2 is 1.71 bits per heavy atom. The molecule has 0 heterocycles. The lowest BCUT2D eigenvalue weighted by atomic mass is 10.3. The Morgan fingerprint density at radius 3 is 1.93 bits per heavy atom. The monoisotopic (exact) mass is 196 g/mol. The highest BCUT2D eigenvalue weighted by atomic mass is 16.1. The number of nitrogens with two attached hydrogens (primary N) is 1. The van der Waals surface area contributed by atoms with E-state index in [2.05, 4.69) is 5.43 Å². The van der Waals surface area contributed by atoms with Crippen LogP contribution in [0.15, 0.2) is 30.3 Å². The van der Waals surface area contributed by atoms with Crippen molar-refractivity contribution in [2.24, 2.45) is 11.8 Å². The molecular formula is C11H20N2O. The summed E-state index contributed by atoms with van der Waals surface area (Å²) in [5.74, 6) is 5.30. The van der Waals surface area contributed by atoms with Crippen molar-refractivity contribution in [3.63, 3.8) is 0 Å². The van der Waals surface area contributed by atoms with Crippen molar-refractivity contribution in [1.82, 2.24) is 0 Å². The Balaban J connectivity index is 0. The highest BCUT2D eigenvalue weighted by Gasteiger charge is 1.79. The number of carbonyl (C=O) groups excluding carboxylic acids is 1. The number of nitrogen functional groups attached to an aromatic ring is 1. The maximum absolute atomic E-state index is 9.50. The van der Waals surface area contributed by atoms with E-state index in [0.717, 1.165) is 12.0 Å². The van der Waals surface area contributed by atoms with Crippen LogP contribution in [-0.4, -0.2) is 6.29 Å². The van der Waals surface area contributed by atoms with Crippen LogP contribution in [0.3, 0.4) is 0 Å². The molecule has 0 unspecified atom stereocenters. The molecule has 0 saturated heterocycles. The lowest BCUT2D eigenvalue weighted by Gasteiger charge is -1.94. The maximum Gasteiger partial charge on any atom is 0.122 e. The first-order chi connectivity index (χ1) is 6.20. The van der Waals surface area contributed by atoms with E-state index in [4.69, 9.17) is 5.84 Å². The number of hydrogen-bond acceptors (Lipinski definition) is 3. The molecular weight excluding hydrogens is 176 g/mol. The average Bonchev–Trinajstić information content (AvgIpc) is 2.20. The van der Waals surface area contributed by atoms with Gasteiger partial charge in [0.15, 0.2) is 0 Å². The van der Waals surface area contributed by atoms with Gasteiger partial charge in [-0.05, 0) is 12.1 Å². The van der Waals surface area contributed by atoms with Gasteiger partial charge in [0.2, 0.25) is 0 Å². The Hall–Kier alpha value is -1.35. The topological polar surface area (TPSA) is 55.1 Å². The van der Waals surface area contributed by atoms with Crippen LogP contribution >= 0.6 is 0 Å². The van der Waals surface area contributed by atoms with Gasteiger partial charge in [0.05, 0.1) is 0 Å². The van der Waals surface area contributed by atoms with Crippen LogP contribution in [0.25, 0.3) is 0 Å². The number of para-hydroxylation sites is 1. The van der Waals surface area contributed by atoms with E-state index in [1.54, 1.807) is 0 Å². The maximum atomic E-state index is 9.50. The van der Waals surface area contributed by atoms with Gasteiger partial charge >= 0.3 is 0 Å². The van der Waals surface area contributed by atoms with Crippen molar-refractivity contribution in [3.8, 4) is 0 Å². The highest BCUT2D eigenvalue weighted by molar-refractivity contribution is 5.51. The van der Waals surface area contributed by atoms with Gasteiger partial charge in [0.25, 0.3) is 0 Å². The van der Waals surface area contributed by atoms with Crippen LogP contribution in [-0.2, 0) is 4.79 Å². The van der Waals surface area contributed by atoms with Crippen LogP contribution in [0.4, 0.5) is 5.69 Å². The number of hydrazine groups is 1. The van der Waals surface area contributed by atoms with Gasteiger partial charge in [-0.2, -0.15) is 0 Å². The van der Waals surface area contributed by atoms with Crippen molar-refractivity contribution >= 4 is 12.0 Å². The van der Waals surface area contributed by atoms with Gasteiger partial charge in [-0.25, -0.2) is 0 Å². The van der Waals surface area contributed by atoms with Crippen molar-refractivity contribution in [3.05, 3.63) is 30.3 Å². The third-order valence-electron chi connectivity index (χ3n) is 1.21. The largest absolute Gasteiger partial charge is 0.324 e. The van der Waals surface area contributed by atoms with E-state index in [1.807, 2.05) is 44.2 Å². The molecule has 3 N–H and O–H groups in total. The van der Waals surface area contributed by atoms with Gasteiger partial charge in [-0.1, -0.05) is 39.5 Å². The highest BCUT2D eigenvalue weighted by Crippen LogP contribution is 2.00. The number of hydrogen-bond donors (Lipinski definition) is 2. The lowest BCUT2D eigenvalue weighted by molar-refractivity contribution is -0.110.